The van der Waals surface area contributed by atoms with Crippen LogP contribution >= 0.6 is 0 Å². The van der Waals surface area contributed by atoms with Gasteiger partial charge in [0.05, 0.1) is 0 Å². The Morgan fingerprint density at radius 3 is 2.82 bits per heavy atom. The number of aromatic nitrogens is 1. The molecule has 3 rings (SSSR count). The second-order valence-electron chi connectivity index (χ2n) is 6.23. The predicted octanol–water partition coefficient (Wildman–Crippen LogP) is -4.69. The maximum Gasteiger partial charge on any atom is 0.248 e. The van der Waals surface area contributed by atoms with Gasteiger partial charge < -0.3 is 41.2 Å². The molecule has 0 fully saturated rings. The van der Waals surface area contributed by atoms with E-state index in [4.69, 9.17) is 5.73 Å². The van der Waals surface area contributed by atoms with E-state index < -0.39 is 29.6 Å². The molecule has 10 heteroatoms. The Bertz CT molecular complexity index is 854. The van der Waals surface area contributed by atoms with Crippen LogP contribution in [0.15, 0.2) is 36.5 Å². The average molecular weight is 431 g/mol. The van der Waals surface area contributed by atoms with Crippen molar-refractivity contribution >= 4 is 17.6 Å². The van der Waals surface area contributed by atoms with E-state index in [1.807, 2.05) is 6.07 Å². The molecule has 0 spiro atoms. The highest BCUT2D eigenvalue weighted by Gasteiger charge is 2.28. The normalized spacial score (nSPS) is 16.0. The molecule has 2 atom stereocenters. The Kier molecular flexibility index (Phi) is 8.74. The summed E-state index contributed by atoms with van der Waals surface area (Å²) in [6.07, 6.45) is 1.80. The van der Waals surface area contributed by atoms with Gasteiger partial charge in [-0.15, -0.1) is 0 Å². The number of benzene rings is 1. The zero-order valence-electron chi connectivity index (χ0n) is 14.6. The van der Waals surface area contributed by atoms with E-state index in [1.165, 1.54) is 0 Å². The Labute approximate surface area is 173 Å². The minimum atomic E-state index is -0.725. The number of rotatable bonds is 5. The molecule has 0 unspecified atom stereocenters. The fourth-order valence-electron chi connectivity index (χ4n) is 2.89. The van der Waals surface area contributed by atoms with Gasteiger partial charge in [0.15, 0.2) is 0 Å². The molecular formula is C18H18Cl2F2N4O2-2. The van der Waals surface area contributed by atoms with Gasteiger partial charge in [0.1, 0.15) is 23.5 Å². The van der Waals surface area contributed by atoms with Gasteiger partial charge in [0.25, 0.3) is 0 Å². The molecule has 2 aromatic rings. The van der Waals surface area contributed by atoms with Crippen LogP contribution in [-0.2, 0) is 22.4 Å². The van der Waals surface area contributed by atoms with Crippen LogP contribution in [0.1, 0.15) is 17.5 Å². The maximum absolute atomic E-state index is 13.7. The highest BCUT2D eigenvalue weighted by atomic mass is 35.5. The van der Waals surface area contributed by atoms with Gasteiger partial charge in [-0.3, -0.25) is 9.59 Å². The standard InChI is InChI=1S/C18H18F2N4O2.2ClH/c19-12-3-4-14(20)11(6-12)7-13(21)9-16(25)23-15-8-10-2-1-5-22-17(10)24-18(15)26;;/h1-6,13,15H,7-9,21H2,(H,23,25)(H,22,24,26);2*1H/p-2/t13-,15-;;/m1../s1. The number of hydrogen-bond donors (Lipinski definition) is 3. The number of fused-ring (bicyclic) bond motifs is 1. The van der Waals surface area contributed by atoms with Crippen molar-refractivity contribution in [1.82, 2.24) is 10.3 Å². The van der Waals surface area contributed by atoms with Crippen molar-refractivity contribution in [2.45, 2.75) is 31.3 Å². The molecule has 0 bridgehead atoms. The largest absolute Gasteiger partial charge is 1.00 e. The molecule has 4 N–H and O–H groups in total. The quantitative estimate of drug-likeness (QED) is 0.444. The van der Waals surface area contributed by atoms with Crippen molar-refractivity contribution in [1.29, 1.82) is 0 Å². The predicted molar refractivity (Wildman–Crippen MR) is 91.2 cm³/mol. The molecule has 1 aliphatic rings. The molecule has 28 heavy (non-hydrogen) atoms. The monoisotopic (exact) mass is 430 g/mol. The summed E-state index contributed by atoms with van der Waals surface area (Å²) in [7, 11) is 0. The molecule has 0 saturated carbocycles. The molecule has 2 heterocycles. The van der Waals surface area contributed by atoms with E-state index in [9.17, 15) is 18.4 Å². The van der Waals surface area contributed by atoms with Gasteiger partial charge in [-0.1, -0.05) is 6.07 Å². The number of nitrogens with one attached hydrogen (secondary N) is 2. The summed E-state index contributed by atoms with van der Waals surface area (Å²) >= 11 is 0. The Morgan fingerprint density at radius 1 is 1.32 bits per heavy atom. The van der Waals surface area contributed by atoms with E-state index in [0.29, 0.717) is 12.2 Å². The number of amides is 2. The first-order chi connectivity index (χ1) is 12.4. The number of carbonyl (C=O) groups is 2. The maximum atomic E-state index is 13.7. The molecule has 0 aliphatic carbocycles. The second kappa shape index (κ2) is 10.3. The van der Waals surface area contributed by atoms with Gasteiger partial charge >= 0.3 is 0 Å². The molecule has 0 radical (unpaired) electrons. The fraction of sp³-hybridized carbons (Fsp3) is 0.278. The first-order valence-corrected chi connectivity index (χ1v) is 8.16. The number of carbonyl (C=O) groups excluding carboxylic acids is 2. The van der Waals surface area contributed by atoms with E-state index in [0.717, 1.165) is 23.8 Å². The fourth-order valence-corrected chi connectivity index (χ4v) is 2.89. The number of hydrogen-bond acceptors (Lipinski definition) is 4. The summed E-state index contributed by atoms with van der Waals surface area (Å²) in [4.78, 5) is 28.3. The summed E-state index contributed by atoms with van der Waals surface area (Å²) in [5.41, 5.74) is 6.82. The van der Waals surface area contributed by atoms with Gasteiger partial charge in [-0.25, -0.2) is 13.8 Å². The van der Waals surface area contributed by atoms with E-state index in [-0.39, 0.29) is 49.1 Å². The highest BCUT2D eigenvalue weighted by molar-refractivity contribution is 5.99. The minimum Gasteiger partial charge on any atom is -1.00 e. The minimum absolute atomic E-state index is 0. The van der Waals surface area contributed by atoms with Crippen molar-refractivity contribution in [2.24, 2.45) is 5.73 Å². The highest BCUT2D eigenvalue weighted by Crippen LogP contribution is 2.19. The van der Waals surface area contributed by atoms with E-state index in [2.05, 4.69) is 15.6 Å². The van der Waals surface area contributed by atoms with Crippen molar-refractivity contribution < 1.29 is 43.2 Å². The lowest BCUT2D eigenvalue weighted by molar-refractivity contribution is -0.126. The molecule has 1 aliphatic heterocycles. The topological polar surface area (TPSA) is 97.1 Å². The third-order valence-corrected chi connectivity index (χ3v) is 4.15. The molecular weight excluding hydrogens is 413 g/mol. The number of pyridine rings is 1. The van der Waals surface area contributed by atoms with Crippen LogP contribution in [0.4, 0.5) is 14.6 Å². The number of anilines is 1. The molecule has 2 amide bonds. The summed E-state index contributed by atoms with van der Waals surface area (Å²) in [5, 5.41) is 5.26. The van der Waals surface area contributed by atoms with Crippen LogP contribution in [0.3, 0.4) is 0 Å². The molecule has 152 valence electrons. The third kappa shape index (κ3) is 5.85. The average Bonchev–Trinajstić information content (AvgIpc) is 2.58. The summed E-state index contributed by atoms with van der Waals surface area (Å²) < 4.78 is 26.8. The van der Waals surface area contributed by atoms with Crippen molar-refractivity contribution in [3.63, 3.8) is 0 Å². The van der Waals surface area contributed by atoms with Gasteiger partial charge in [0.2, 0.25) is 11.8 Å². The molecule has 1 aromatic heterocycles. The lowest BCUT2D eigenvalue weighted by atomic mass is 10.0. The number of halogens is 4. The van der Waals surface area contributed by atoms with Gasteiger partial charge in [-0.05, 0) is 41.8 Å². The Balaban J connectivity index is 0.00000196. The van der Waals surface area contributed by atoms with E-state index in [1.54, 1.807) is 12.3 Å². The van der Waals surface area contributed by atoms with Gasteiger partial charge in [-0.2, -0.15) is 0 Å². The number of nitrogens with zero attached hydrogens (tertiary/aromatic N) is 1. The lowest BCUT2D eigenvalue weighted by Crippen LogP contribution is -3.00. The second-order valence-corrected chi connectivity index (χ2v) is 6.23. The van der Waals surface area contributed by atoms with Crippen molar-refractivity contribution in [3.05, 3.63) is 59.3 Å². The van der Waals surface area contributed by atoms with Crippen molar-refractivity contribution in [2.75, 3.05) is 5.32 Å². The van der Waals surface area contributed by atoms with Crippen LogP contribution in [0.2, 0.25) is 0 Å². The van der Waals surface area contributed by atoms with Crippen LogP contribution in [-0.4, -0.2) is 28.9 Å². The summed E-state index contributed by atoms with van der Waals surface area (Å²) in [6, 6.07) is 5.24. The zero-order chi connectivity index (χ0) is 18.7. The van der Waals surface area contributed by atoms with Crippen LogP contribution in [0.25, 0.3) is 0 Å². The van der Waals surface area contributed by atoms with Crippen LogP contribution in [0, 0.1) is 11.6 Å². The molecule has 6 nitrogen and oxygen atoms in total. The smallest absolute Gasteiger partial charge is 0.248 e. The summed E-state index contributed by atoms with van der Waals surface area (Å²) in [5.74, 6) is -1.43. The van der Waals surface area contributed by atoms with Gasteiger partial charge in [0, 0.05) is 25.1 Å². The van der Waals surface area contributed by atoms with E-state index >= 15 is 0 Å². The van der Waals surface area contributed by atoms with Crippen LogP contribution in [0.5, 0.6) is 0 Å². The lowest BCUT2D eigenvalue weighted by Gasteiger charge is -2.25. The molecule has 1 aromatic carbocycles. The Morgan fingerprint density at radius 2 is 2.07 bits per heavy atom. The zero-order valence-corrected chi connectivity index (χ0v) is 16.1. The van der Waals surface area contributed by atoms with Crippen molar-refractivity contribution in [3.8, 4) is 0 Å². The summed E-state index contributed by atoms with van der Waals surface area (Å²) in [6.45, 7) is 0. The van der Waals surface area contributed by atoms with Crippen LogP contribution < -0.4 is 41.2 Å². The number of nitrogens with two attached hydrogens (primary N) is 1. The SMILES string of the molecule is N[C@@H](CC(=O)N[C@@H]1Cc2cccnc2NC1=O)Cc1cc(F)ccc1F.[Cl-].[Cl-]. The first-order valence-electron chi connectivity index (χ1n) is 8.16. The molecule has 0 saturated heterocycles. The first kappa shape index (κ1) is 23.7. The third-order valence-electron chi connectivity index (χ3n) is 4.15. The Hall–Kier alpha value is -2.29.